The second-order valence-corrected chi connectivity index (χ2v) is 4.86. The standard InChI is InChI=1S/C12H19F3O2/c1-5-9(12(13,14)15)7-6-8-10(16)17-11(2,3)4/h5,9H,1,6-8H2,2-4H3/t9-/m1/s1. The lowest BCUT2D eigenvalue weighted by molar-refractivity contribution is -0.165. The quantitative estimate of drug-likeness (QED) is 0.548. The van der Waals surface area contributed by atoms with E-state index in [1.54, 1.807) is 20.8 Å². The lowest BCUT2D eigenvalue weighted by Crippen LogP contribution is -2.24. The summed E-state index contributed by atoms with van der Waals surface area (Å²) in [6.07, 6.45) is -3.40. The average molecular weight is 252 g/mol. The smallest absolute Gasteiger partial charge is 0.395 e. The average Bonchev–Trinajstić information content (AvgIpc) is 2.07. The van der Waals surface area contributed by atoms with Crippen molar-refractivity contribution in [3.8, 4) is 0 Å². The van der Waals surface area contributed by atoms with E-state index in [4.69, 9.17) is 4.74 Å². The zero-order chi connectivity index (χ0) is 13.7. The van der Waals surface area contributed by atoms with E-state index in [2.05, 4.69) is 6.58 Å². The van der Waals surface area contributed by atoms with E-state index in [1.165, 1.54) is 0 Å². The van der Waals surface area contributed by atoms with Gasteiger partial charge in [0.25, 0.3) is 0 Å². The number of carbonyl (C=O) groups excluding carboxylic acids is 1. The molecule has 0 radical (unpaired) electrons. The number of hydrogen-bond acceptors (Lipinski definition) is 2. The fourth-order valence-corrected chi connectivity index (χ4v) is 1.27. The summed E-state index contributed by atoms with van der Waals surface area (Å²) in [6, 6.07) is 0. The SMILES string of the molecule is C=C[C@H](CCCC(=O)OC(C)(C)C)C(F)(F)F. The molecule has 0 rings (SSSR count). The molecule has 0 spiro atoms. The molecule has 0 aliphatic heterocycles. The number of carbonyl (C=O) groups is 1. The molecule has 0 aromatic rings. The van der Waals surface area contributed by atoms with Crippen LogP contribution < -0.4 is 0 Å². The minimum absolute atomic E-state index is 0.00229. The molecule has 0 amide bonds. The summed E-state index contributed by atoms with van der Waals surface area (Å²) >= 11 is 0. The highest BCUT2D eigenvalue weighted by atomic mass is 19.4. The van der Waals surface area contributed by atoms with Crippen molar-refractivity contribution in [3.63, 3.8) is 0 Å². The molecule has 0 saturated carbocycles. The van der Waals surface area contributed by atoms with Crippen LogP contribution >= 0.6 is 0 Å². The Morgan fingerprint density at radius 1 is 1.35 bits per heavy atom. The van der Waals surface area contributed by atoms with Gasteiger partial charge < -0.3 is 4.74 Å². The topological polar surface area (TPSA) is 26.3 Å². The summed E-state index contributed by atoms with van der Waals surface area (Å²) in [4.78, 5) is 11.2. The van der Waals surface area contributed by atoms with Crippen LogP contribution in [0.5, 0.6) is 0 Å². The second kappa shape index (κ2) is 6.07. The van der Waals surface area contributed by atoms with Gasteiger partial charge in [0.15, 0.2) is 0 Å². The van der Waals surface area contributed by atoms with Crippen LogP contribution in [0.15, 0.2) is 12.7 Å². The Morgan fingerprint density at radius 3 is 2.24 bits per heavy atom. The highest BCUT2D eigenvalue weighted by Crippen LogP contribution is 2.30. The summed E-state index contributed by atoms with van der Waals surface area (Å²) in [5.74, 6) is -2.02. The largest absolute Gasteiger partial charge is 0.460 e. The lowest BCUT2D eigenvalue weighted by Gasteiger charge is -2.20. The predicted octanol–water partition coefficient (Wildman–Crippen LogP) is 3.86. The van der Waals surface area contributed by atoms with Gasteiger partial charge in [0.1, 0.15) is 5.60 Å². The third kappa shape index (κ3) is 7.82. The summed E-state index contributed by atoms with van der Waals surface area (Å²) in [5, 5.41) is 0. The van der Waals surface area contributed by atoms with Gasteiger partial charge in [-0.15, -0.1) is 6.58 Å². The zero-order valence-corrected chi connectivity index (χ0v) is 10.4. The van der Waals surface area contributed by atoms with Crippen molar-refractivity contribution in [1.82, 2.24) is 0 Å². The van der Waals surface area contributed by atoms with Gasteiger partial charge >= 0.3 is 12.1 Å². The summed E-state index contributed by atoms with van der Waals surface area (Å²) in [7, 11) is 0. The van der Waals surface area contributed by atoms with Crippen LogP contribution in [-0.2, 0) is 9.53 Å². The van der Waals surface area contributed by atoms with Gasteiger partial charge in [-0.1, -0.05) is 6.08 Å². The number of esters is 1. The summed E-state index contributed by atoms with van der Waals surface area (Å²) in [6.45, 7) is 8.29. The van der Waals surface area contributed by atoms with E-state index in [0.717, 1.165) is 6.08 Å². The third-order valence-corrected chi connectivity index (χ3v) is 2.02. The Bertz CT molecular complexity index is 264. The molecule has 0 fully saturated rings. The van der Waals surface area contributed by atoms with Gasteiger partial charge in [-0.25, -0.2) is 0 Å². The van der Waals surface area contributed by atoms with E-state index >= 15 is 0 Å². The van der Waals surface area contributed by atoms with Crippen LogP contribution in [0.25, 0.3) is 0 Å². The number of alkyl halides is 3. The van der Waals surface area contributed by atoms with Crippen molar-refractivity contribution in [2.24, 2.45) is 5.92 Å². The lowest BCUT2D eigenvalue weighted by atomic mass is 10.0. The van der Waals surface area contributed by atoms with E-state index < -0.39 is 23.7 Å². The van der Waals surface area contributed by atoms with Crippen LogP contribution in [-0.4, -0.2) is 17.7 Å². The molecule has 0 saturated heterocycles. The number of rotatable bonds is 5. The third-order valence-electron chi connectivity index (χ3n) is 2.02. The van der Waals surface area contributed by atoms with Crippen LogP contribution in [0.2, 0.25) is 0 Å². The Hall–Kier alpha value is -1.00. The van der Waals surface area contributed by atoms with Crippen LogP contribution in [0.3, 0.4) is 0 Å². The van der Waals surface area contributed by atoms with E-state index in [1.807, 2.05) is 0 Å². The molecule has 1 atom stereocenters. The Kier molecular flexibility index (Phi) is 5.72. The summed E-state index contributed by atoms with van der Waals surface area (Å²) < 4.78 is 42.0. The molecular formula is C12H19F3O2. The van der Waals surface area contributed by atoms with Crippen molar-refractivity contribution in [2.75, 3.05) is 0 Å². The fraction of sp³-hybridized carbons (Fsp3) is 0.750. The van der Waals surface area contributed by atoms with Gasteiger partial charge in [-0.3, -0.25) is 4.79 Å². The van der Waals surface area contributed by atoms with Gasteiger partial charge in [-0.05, 0) is 33.6 Å². The molecular weight excluding hydrogens is 233 g/mol. The van der Waals surface area contributed by atoms with Gasteiger partial charge in [-0.2, -0.15) is 13.2 Å². The molecule has 0 N–H and O–H groups in total. The van der Waals surface area contributed by atoms with Gasteiger partial charge in [0.05, 0.1) is 5.92 Å². The van der Waals surface area contributed by atoms with Crippen LogP contribution in [0.4, 0.5) is 13.2 Å². The highest BCUT2D eigenvalue weighted by Gasteiger charge is 2.36. The van der Waals surface area contributed by atoms with Gasteiger partial charge in [0.2, 0.25) is 0 Å². The van der Waals surface area contributed by atoms with Crippen molar-refractivity contribution in [2.45, 2.75) is 51.8 Å². The van der Waals surface area contributed by atoms with E-state index in [0.29, 0.717) is 0 Å². The maximum atomic E-state index is 12.3. The maximum Gasteiger partial charge on any atom is 0.395 e. The Balaban J connectivity index is 3.99. The normalized spacial score (nSPS) is 14.2. The van der Waals surface area contributed by atoms with Gasteiger partial charge in [0, 0.05) is 6.42 Å². The molecule has 0 bridgehead atoms. The highest BCUT2D eigenvalue weighted by molar-refractivity contribution is 5.69. The molecule has 0 aliphatic rings. The summed E-state index contributed by atoms with van der Waals surface area (Å²) in [5.41, 5.74) is -0.598. The molecule has 100 valence electrons. The Morgan fingerprint density at radius 2 is 1.88 bits per heavy atom. The van der Waals surface area contributed by atoms with Crippen LogP contribution in [0, 0.1) is 5.92 Å². The molecule has 17 heavy (non-hydrogen) atoms. The predicted molar refractivity (Wildman–Crippen MR) is 59.4 cm³/mol. The first kappa shape index (κ1) is 16.0. The molecule has 0 aliphatic carbocycles. The van der Waals surface area contributed by atoms with E-state index in [9.17, 15) is 18.0 Å². The number of hydrogen-bond donors (Lipinski definition) is 0. The molecule has 2 nitrogen and oxygen atoms in total. The van der Waals surface area contributed by atoms with E-state index in [-0.39, 0.29) is 19.3 Å². The number of halogens is 3. The second-order valence-electron chi connectivity index (χ2n) is 4.86. The van der Waals surface area contributed by atoms with Crippen molar-refractivity contribution >= 4 is 5.97 Å². The van der Waals surface area contributed by atoms with Crippen molar-refractivity contribution in [1.29, 1.82) is 0 Å². The fourth-order valence-electron chi connectivity index (χ4n) is 1.27. The molecule has 0 aromatic heterocycles. The van der Waals surface area contributed by atoms with Crippen molar-refractivity contribution < 1.29 is 22.7 Å². The maximum absolute atomic E-state index is 12.3. The molecule has 5 heteroatoms. The first-order chi connectivity index (χ1) is 7.56. The minimum Gasteiger partial charge on any atom is -0.460 e. The molecule has 0 unspecified atom stereocenters. The number of allylic oxidation sites excluding steroid dienone is 1. The van der Waals surface area contributed by atoms with Crippen LogP contribution in [0.1, 0.15) is 40.0 Å². The molecule has 0 aromatic carbocycles. The minimum atomic E-state index is -4.28. The monoisotopic (exact) mass is 252 g/mol. The first-order valence-electron chi connectivity index (χ1n) is 5.47. The molecule has 0 heterocycles. The zero-order valence-electron chi connectivity index (χ0n) is 10.4. The Labute approximate surface area is 99.8 Å². The van der Waals surface area contributed by atoms with Crippen molar-refractivity contribution in [3.05, 3.63) is 12.7 Å². The first-order valence-corrected chi connectivity index (χ1v) is 5.47. The number of ether oxygens (including phenoxy) is 1.